The summed E-state index contributed by atoms with van der Waals surface area (Å²) >= 11 is 0. The second-order valence-electron chi connectivity index (χ2n) is 4.69. The largest absolute Gasteiger partial charge is 0.382 e. The molecule has 5 heteroatoms. The van der Waals surface area contributed by atoms with Crippen LogP contribution < -0.4 is 10.6 Å². The average Bonchev–Trinajstić information content (AvgIpc) is 2.39. The maximum atomic E-state index is 7.53. The lowest BCUT2D eigenvalue weighted by Gasteiger charge is -2.22. The summed E-state index contributed by atoms with van der Waals surface area (Å²) in [6.07, 6.45) is 0. The van der Waals surface area contributed by atoms with E-state index >= 15 is 0 Å². The Morgan fingerprint density at radius 3 is 2.60 bits per heavy atom. The predicted molar refractivity (Wildman–Crippen MR) is 81.6 cm³/mol. The number of nitrogens with two attached hydrogens (primary N) is 1. The summed E-state index contributed by atoms with van der Waals surface area (Å²) in [7, 11) is 0. The van der Waals surface area contributed by atoms with E-state index in [1.54, 1.807) is 6.07 Å². The van der Waals surface area contributed by atoms with Crippen LogP contribution in [0.1, 0.15) is 23.9 Å². The summed E-state index contributed by atoms with van der Waals surface area (Å²) in [6.45, 7) is 6.71. The van der Waals surface area contributed by atoms with Crippen molar-refractivity contribution in [2.75, 3.05) is 11.4 Å². The fourth-order valence-electron chi connectivity index (χ4n) is 2.05. The molecule has 0 bridgehead atoms. The number of nitrogens with one attached hydrogen (secondary N) is 1. The van der Waals surface area contributed by atoms with Gasteiger partial charge >= 0.3 is 0 Å². The van der Waals surface area contributed by atoms with Gasteiger partial charge in [0.1, 0.15) is 11.5 Å². The molecule has 0 saturated heterocycles. The van der Waals surface area contributed by atoms with Crippen LogP contribution in [0.4, 0.5) is 11.6 Å². The molecule has 0 radical (unpaired) electrons. The van der Waals surface area contributed by atoms with Crippen LogP contribution in [0.5, 0.6) is 0 Å². The molecule has 0 spiro atoms. The molecule has 0 aliphatic carbocycles. The van der Waals surface area contributed by atoms with Crippen molar-refractivity contribution in [2.45, 2.75) is 20.8 Å². The monoisotopic (exact) mass is 269 g/mol. The molecule has 2 aromatic rings. The minimum atomic E-state index is -0.0444. The van der Waals surface area contributed by atoms with Crippen LogP contribution in [0.2, 0.25) is 0 Å². The van der Waals surface area contributed by atoms with Crippen molar-refractivity contribution >= 4 is 17.5 Å². The van der Waals surface area contributed by atoms with E-state index in [-0.39, 0.29) is 5.84 Å². The van der Waals surface area contributed by atoms with E-state index in [9.17, 15) is 0 Å². The number of aryl methyl sites for hydroxylation is 2. The lowest BCUT2D eigenvalue weighted by molar-refractivity contribution is 0.928. The van der Waals surface area contributed by atoms with Gasteiger partial charge in [-0.1, -0.05) is 12.1 Å². The molecule has 0 saturated carbocycles. The first kappa shape index (κ1) is 14.0. The highest BCUT2D eigenvalue weighted by atomic mass is 15.3. The van der Waals surface area contributed by atoms with Crippen molar-refractivity contribution in [1.29, 1.82) is 5.41 Å². The van der Waals surface area contributed by atoms with Gasteiger partial charge in [0, 0.05) is 17.9 Å². The minimum Gasteiger partial charge on any atom is -0.382 e. The Kier molecular flexibility index (Phi) is 3.98. The zero-order chi connectivity index (χ0) is 14.7. The van der Waals surface area contributed by atoms with Crippen molar-refractivity contribution in [3.63, 3.8) is 0 Å². The summed E-state index contributed by atoms with van der Waals surface area (Å²) < 4.78 is 0. The number of amidine groups is 1. The topological polar surface area (TPSA) is 78.9 Å². The molecule has 20 heavy (non-hydrogen) atoms. The zero-order valence-corrected chi connectivity index (χ0v) is 12.0. The van der Waals surface area contributed by atoms with Crippen molar-refractivity contribution < 1.29 is 0 Å². The zero-order valence-electron chi connectivity index (χ0n) is 12.0. The van der Waals surface area contributed by atoms with E-state index < -0.39 is 0 Å². The van der Waals surface area contributed by atoms with Gasteiger partial charge in [0.05, 0.1) is 0 Å². The molecule has 0 unspecified atom stereocenters. The number of anilines is 2. The lowest BCUT2D eigenvalue weighted by atomic mass is 10.2. The Morgan fingerprint density at radius 1 is 1.25 bits per heavy atom. The molecular weight excluding hydrogens is 250 g/mol. The van der Waals surface area contributed by atoms with Gasteiger partial charge in [-0.3, -0.25) is 5.41 Å². The van der Waals surface area contributed by atoms with Crippen LogP contribution in [0.15, 0.2) is 30.3 Å². The van der Waals surface area contributed by atoms with Gasteiger partial charge in [0.25, 0.3) is 0 Å². The van der Waals surface area contributed by atoms with Gasteiger partial charge < -0.3 is 10.6 Å². The van der Waals surface area contributed by atoms with Crippen LogP contribution in [-0.4, -0.2) is 22.3 Å². The maximum Gasteiger partial charge on any atom is 0.230 e. The van der Waals surface area contributed by atoms with Crippen LogP contribution in [-0.2, 0) is 0 Å². The Hall–Kier alpha value is -2.43. The number of nitrogens with zero attached hydrogens (tertiary/aromatic N) is 3. The Bertz CT molecular complexity index is 636. The third-order valence-electron chi connectivity index (χ3n) is 2.99. The van der Waals surface area contributed by atoms with Crippen LogP contribution in [0.3, 0.4) is 0 Å². The van der Waals surface area contributed by atoms with Gasteiger partial charge in [0.2, 0.25) is 5.95 Å². The Labute approximate surface area is 119 Å². The molecule has 0 aliphatic heterocycles. The highest BCUT2D eigenvalue weighted by Gasteiger charge is 2.13. The minimum absolute atomic E-state index is 0.0444. The van der Waals surface area contributed by atoms with Crippen molar-refractivity contribution in [1.82, 2.24) is 9.97 Å². The van der Waals surface area contributed by atoms with E-state index in [0.29, 0.717) is 11.6 Å². The second-order valence-corrected chi connectivity index (χ2v) is 4.69. The van der Waals surface area contributed by atoms with Crippen molar-refractivity contribution in [3.05, 3.63) is 47.3 Å². The quantitative estimate of drug-likeness (QED) is 0.660. The smallest absolute Gasteiger partial charge is 0.230 e. The summed E-state index contributed by atoms with van der Waals surface area (Å²) in [5, 5.41) is 7.53. The number of benzene rings is 1. The van der Waals surface area contributed by atoms with E-state index in [2.05, 4.69) is 29.0 Å². The number of hydrogen-bond donors (Lipinski definition) is 2. The Morgan fingerprint density at radius 2 is 2.00 bits per heavy atom. The van der Waals surface area contributed by atoms with E-state index in [0.717, 1.165) is 17.9 Å². The fourth-order valence-corrected chi connectivity index (χ4v) is 2.05. The van der Waals surface area contributed by atoms with Crippen LogP contribution in [0.25, 0.3) is 0 Å². The summed E-state index contributed by atoms with van der Waals surface area (Å²) in [5.74, 6) is 0.528. The third kappa shape index (κ3) is 2.93. The highest BCUT2D eigenvalue weighted by Crippen LogP contribution is 2.23. The normalized spacial score (nSPS) is 10.3. The molecule has 1 heterocycles. The maximum absolute atomic E-state index is 7.53. The predicted octanol–water partition coefficient (Wildman–Crippen LogP) is 2.54. The summed E-state index contributed by atoms with van der Waals surface area (Å²) in [6, 6.07) is 9.89. The van der Waals surface area contributed by atoms with Crippen LogP contribution in [0, 0.1) is 19.3 Å². The SMILES string of the molecule is CCN(c1cccc(C)c1)c1nc(C)cc(C(=N)N)n1. The number of aromatic nitrogens is 2. The molecule has 2 rings (SSSR count). The first-order chi connectivity index (χ1) is 9.51. The molecule has 0 aliphatic rings. The molecule has 1 aromatic carbocycles. The number of hydrogen-bond acceptors (Lipinski definition) is 4. The van der Waals surface area contributed by atoms with Gasteiger partial charge in [-0.25, -0.2) is 9.97 Å². The molecule has 0 atom stereocenters. The van der Waals surface area contributed by atoms with Crippen molar-refractivity contribution in [3.8, 4) is 0 Å². The summed E-state index contributed by atoms with van der Waals surface area (Å²) in [4.78, 5) is 10.8. The van der Waals surface area contributed by atoms with Crippen molar-refractivity contribution in [2.24, 2.45) is 5.73 Å². The van der Waals surface area contributed by atoms with Gasteiger partial charge in [-0.2, -0.15) is 0 Å². The van der Waals surface area contributed by atoms with Gasteiger partial charge in [0.15, 0.2) is 0 Å². The van der Waals surface area contributed by atoms with E-state index in [1.165, 1.54) is 5.56 Å². The first-order valence-corrected chi connectivity index (χ1v) is 6.55. The van der Waals surface area contributed by atoms with E-state index in [1.807, 2.05) is 30.9 Å². The molecule has 104 valence electrons. The molecule has 1 aromatic heterocycles. The number of rotatable bonds is 4. The average molecular weight is 269 g/mol. The standard InChI is InChI=1S/C15H19N5/c1-4-20(12-7-5-6-10(2)8-12)15-18-11(3)9-13(19-15)14(16)17/h5-9H,4H2,1-3H3,(H3,16,17). The lowest BCUT2D eigenvalue weighted by Crippen LogP contribution is -2.22. The first-order valence-electron chi connectivity index (χ1n) is 6.55. The molecular formula is C15H19N5. The number of nitrogen functional groups attached to an aromatic ring is 1. The summed E-state index contributed by atoms with van der Waals surface area (Å²) in [5.41, 5.74) is 9.00. The molecule has 0 fully saturated rings. The molecule has 0 amide bonds. The highest BCUT2D eigenvalue weighted by molar-refractivity contribution is 5.93. The van der Waals surface area contributed by atoms with Gasteiger partial charge in [-0.15, -0.1) is 0 Å². The van der Waals surface area contributed by atoms with Crippen LogP contribution >= 0.6 is 0 Å². The third-order valence-corrected chi connectivity index (χ3v) is 2.99. The Balaban J connectivity index is 2.49. The fraction of sp³-hybridized carbons (Fsp3) is 0.267. The second kappa shape index (κ2) is 5.69. The molecule has 5 nitrogen and oxygen atoms in total. The van der Waals surface area contributed by atoms with E-state index in [4.69, 9.17) is 11.1 Å². The molecule has 3 N–H and O–H groups in total. The van der Waals surface area contributed by atoms with Gasteiger partial charge in [-0.05, 0) is 44.5 Å².